The minimum Gasteiger partial charge on any atom is -0.462 e. The molecule has 0 aromatic rings. The van der Waals surface area contributed by atoms with Gasteiger partial charge >= 0.3 is 5.97 Å². The van der Waals surface area contributed by atoms with Crippen molar-refractivity contribution in [2.45, 2.75) is 125 Å². The van der Waals surface area contributed by atoms with Crippen LogP contribution >= 0.6 is 0 Å². The Morgan fingerprint density at radius 1 is 1.08 bits per heavy atom. The van der Waals surface area contributed by atoms with Gasteiger partial charge in [0.2, 0.25) is 0 Å². The lowest BCUT2D eigenvalue weighted by atomic mass is 9.36. The smallest absolute Gasteiger partial charge is 0.302 e. The Balaban J connectivity index is 1.77. The Morgan fingerprint density at radius 2 is 1.73 bits per heavy atom. The molecule has 0 aromatic heterocycles. The second kappa shape index (κ2) is 9.33. The summed E-state index contributed by atoms with van der Waals surface area (Å²) >= 11 is 0. The molecule has 0 aliphatic heterocycles. The van der Waals surface area contributed by atoms with Crippen LogP contribution in [0.2, 0.25) is 0 Å². The summed E-state index contributed by atoms with van der Waals surface area (Å²) in [5.74, 6) is 0.732. The van der Waals surface area contributed by atoms with E-state index in [-0.39, 0.29) is 51.5 Å². The fourth-order valence-corrected chi connectivity index (χ4v) is 9.92. The molecule has 9 atom stereocenters. The Morgan fingerprint density at radius 3 is 2.32 bits per heavy atom. The minimum absolute atomic E-state index is 0.0184. The molecule has 2 N–H and O–H groups in total. The van der Waals surface area contributed by atoms with Crippen LogP contribution in [0.25, 0.3) is 0 Å². The van der Waals surface area contributed by atoms with Gasteiger partial charge in [-0.3, -0.25) is 9.59 Å². The molecule has 4 rings (SSSR count). The van der Waals surface area contributed by atoms with Crippen LogP contribution in [-0.4, -0.2) is 40.3 Å². The molecule has 0 spiro atoms. The maximum Gasteiger partial charge on any atom is 0.302 e. The summed E-state index contributed by atoms with van der Waals surface area (Å²) in [4.78, 5) is 25.5. The number of hydrogen-bond donors (Lipinski definition) is 2. The number of ether oxygens (including phenoxy) is 1. The van der Waals surface area contributed by atoms with E-state index < -0.39 is 12.2 Å². The summed E-state index contributed by atoms with van der Waals surface area (Å²) < 4.78 is 6.21. The molecule has 4 aliphatic rings. The summed E-state index contributed by atoms with van der Waals surface area (Å²) in [6.45, 7) is 20.8. The molecule has 0 aromatic carbocycles. The SMILES string of the molecule is C=C(C)[C@H](O)[C@@H](O)C[C@@H](C)C1=C2C[C@H](OC(C)=O)[C@H]3[C@@]4(C)CCC(=O)C(C)(C)C4CC[C@]3(C)[C@@]2(C)CC1. The van der Waals surface area contributed by atoms with Crippen molar-refractivity contribution in [3.63, 3.8) is 0 Å². The first-order valence-corrected chi connectivity index (χ1v) is 14.4. The lowest BCUT2D eigenvalue weighted by Gasteiger charge is -2.69. The summed E-state index contributed by atoms with van der Waals surface area (Å²) in [5.41, 5.74) is 2.86. The average Bonchev–Trinajstić information content (AvgIpc) is 3.13. The zero-order chi connectivity index (χ0) is 27.7. The number of carbonyl (C=O) groups is 2. The van der Waals surface area contributed by atoms with Crippen LogP contribution < -0.4 is 0 Å². The number of rotatable bonds is 6. The minimum atomic E-state index is -0.921. The Hall–Kier alpha value is -1.46. The van der Waals surface area contributed by atoms with Gasteiger partial charge in [0, 0.05) is 31.1 Å². The molecular formula is C32H50O5. The van der Waals surface area contributed by atoms with E-state index in [1.165, 1.54) is 18.1 Å². The van der Waals surface area contributed by atoms with Gasteiger partial charge in [-0.2, -0.15) is 0 Å². The summed E-state index contributed by atoms with van der Waals surface area (Å²) in [6, 6.07) is 0. The fourth-order valence-electron chi connectivity index (χ4n) is 9.92. The molecule has 1 unspecified atom stereocenters. The molecule has 3 fully saturated rings. The first-order valence-electron chi connectivity index (χ1n) is 14.4. The molecule has 37 heavy (non-hydrogen) atoms. The number of aliphatic hydroxyl groups excluding tert-OH is 2. The highest BCUT2D eigenvalue weighted by Crippen LogP contribution is 2.74. The fraction of sp³-hybridized carbons (Fsp3) is 0.812. The molecule has 208 valence electrons. The van der Waals surface area contributed by atoms with Crippen LogP contribution in [-0.2, 0) is 14.3 Å². The van der Waals surface area contributed by atoms with Gasteiger partial charge in [-0.15, -0.1) is 0 Å². The second-order valence-electron chi connectivity index (χ2n) is 14.3. The normalized spacial score (nSPS) is 41.2. The van der Waals surface area contributed by atoms with Gasteiger partial charge in [-0.05, 0) is 79.1 Å². The van der Waals surface area contributed by atoms with Crippen LogP contribution in [0, 0.1) is 39.4 Å². The van der Waals surface area contributed by atoms with Crippen LogP contribution in [0.5, 0.6) is 0 Å². The van der Waals surface area contributed by atoms with Crippen molar-refractivity contribution in [2.24, 2.45) is 39.4 Å². The summed E-state index contributed by atoms with van der Waals surface area (Å²) in [7, 11) is 0. The third-order valence-corrected chi connectivity index (χ3v) is 12.0. The largest absolute Gasteiger partial charge is 0.462 e. The van der Waals surface area contributed by atoms with Gasteiger partial charge in [-0.25, -0.2) is 0 Å². The van der Waals surface area contributed by atoms with Gasteiger partial charge < -0.3 is 14.9 Å². The Bertz CT molecular complexity index is 1010. The van der Waals surface area contributed by atoms with E-state index in [0.717, 1.165) is 38.5 Å². The third-order valence-electron chi connectivity index (χ3n) is 12.0. The van der Waals surface area contributed by atoms with E-state index in [2.05, 4.69) is 48.1 Å². The highest BCUT2D eigenvalue weighted by atomic mass is 16.5. The van der Waals surface area contributed by atoms with Crippen molar-refractivity contribution < 1.29 is 24.5 Å². The molecule has 5 heteroatoms. The highest BCUT2D eigenvalue weighted by molar-refractivity contribution is 5.85. The zero-order valence-corrected chi connectivity index (χ0v) is 24.4. The monoisotopic (exact) mass is 514 g/mol. The standard InChI is InChI=1S/C32H50O5/c1-18(2)27(36)23(34)16-19(3)21-10-14-31(8)22(21)17-24(37-20(4)33)28-30(7)13-12-26(35)29(5,6)25(30)11-15-32(28,31)9/h19,23-25,27-28,34,36H,1,10-17H2,2-9H3/t19-,23+,24+,25?,27+,28+,30+,31+,32+/m1/s1. The van der Waals surface area contributed by atoms with Crippen molar-refractivity contribution in [1.29, 1.82) is 0 Å². The van der Waals surface area contributed by atoms with Crippen LogP contribution in [0.4, 0.5) is 0 Å². The number of Topliss-reactive ketones (excluding diaryl/α,β-unsaturated/α-hetero) is 1. The molecule has 0 radical (unpaired) electrons. The van der Waals surface area contributed by atoms with Crippen molar-refractivity contribution in [3.8, 4) is 0 Å². The van der Waals surface area contributed by atoms with Crippen LogP contribution in [0.1, 0.15) is 107 Å². The predicted molar refractivity (Wildman–Crippen MR) is 146 cm³/mol. The average molecular weight is 515 g/mol. The summed E-state index contributed by atoms with van der Waals surface area (Å²) in [6.07, 6.45) is 4.77. The van der Waals surface area contributed by atoms with E-state index in [0.29, 0.717) is 24.2 Å². The molecule has 0 heterocycles. The highest BCUT2D eigenvalue weighted by Gasteiger charge is 2.69. The van der Waals surface area contributed by atoms with Crippen molar-refractivity contribution in [3.05, 3.63) is 23.3 Å². The third kappa shape index (κ3) is 4.18. The Kier molecular flexibility index (Phi) is 7.20. The number of fused-ring (bicyclic) bond motifs is 5. The summed E-state index contributed by atoms with van der Waals surface area (Å²) in [5, 5.41) is 21.1. The lowest BCUT2D eigenvalue weighted by molar-refractivity contribution is -0.217. The van der Waals surface area contributed by atoms with Gasteiger partial charge in [-0.1, -0.05) is 59.3 Å². The maximum absolute atomic E-state index is 13.0. The quantitative estimate of drug-likeness (QED) is 0.327. The second-order valence-corrected chi connectivity index (χ2v) is 14.3. The molecule has 0 bridgehead atoms. The van der Waals surface area contributed by atoms with E-state index in [1.54, 1.807) is 6.92 Å². The lowest BCUT2D eigenvalue weighted by Crippen LogP contribution is -2.66. The topological polar surface area (TPSA) is 83.8 Å². The number of aliphatic hydroxyl groups is 2. The first-order chi connectivity index (χ1) is 17.0. The number of esters is 1. The number of ketones is 1. The molecule has 5 nitrogen and oxygen atoms in total. The number of hydrogen-bond acceptors (Lipinski definition) is 5. The van der Waals surface area contributed by atoms with E-state index >= 15 is 0 Å². The molecule has 0 amide bonds. The van der Waals surface area contributed by atoms with E-state index in [1.807, 2.05) is 0 Å². The van der Waals surface area contributed by atoms with Crippen molar-refractivity contribution >= 4 is 11.8 Å². The zero-order valence-electron chi connectivity index (χ0n) is 24.4. The molecule has 4 aliphatic carbocycles. The van der Waals surface area contributed by atoms with Crippen LogP contribution in [0.3, 0.4) is 0 Å². The predicted octanol–water partition coefficient (Wildman–Crippen LogP) is 6.17. The van der Waals surface area contributed by atoms with E-state index in [4.69, 9.17) is 4.74 Å². The Labute approximate surface area is 224 Å². The van der Waals surface area contributed by atoms with Crippen molar-refractivity contribution in [2.75, 3.05) is 0 Å². The first kappa shape index (κ1) is 28.5. The number of carbonyl (C=O) groups excluding carboxylic acids is 2. The number of allylic oxidation sites excluding steroid dienone is 1. The van der Waals surface area contributed by atoms with Gasteiger partial charge in [0.25, 0.3) is 0 Å². The van der Waals surface area contributed by atoms with E-state index in [9.17, 15) is 19.8 Å². The van der Waals surface area contributed by atoms with Gasteiger partial charge in [0.1, 0.15) is 18.0 Å². The maximum atomic E-state index is 13.0. The molecule has 3 saturated carbocycles. The molecular weight excluding hydrogens is 464 g/mol. The van der Waals surface area contributed by atoms with Gasteiger partial charge in [0.15, 0.2) is 0 Å². The van der Waals surface area contributed by atoms with Gasteiger partial charge in [0.05, 0.1) is 6.10 Å². The molecule has 0 saturated heterocycles. The van der Waals surface area contributed by atoms with Crippen LogP contribution in [0.15, 0.2) is 23.3 Å². The van der Waals surface area contributed by atoms with Crippen molar-refractivity contribution in [1.82, 2.24) is 0 Å².